The number of nitriles is 1. The molecule has 2 aromatic carbocycles. The van der Waals surface area contributed by atoms with E-state index in [1.54, 1.807) is 11.8 Å². The van der Waals surface area contributed by atoms with Crippen LogP contribution in [0.2, 0.25) is 0 Å². The van der Waals surface area contributed by atoms with E-state index in [2.05, 4.69) is 9.97 Å². The van der Waals surface area contributed by atoms with Gasteiger partial charge in [0.25, 0.3) is 0 Å². The van der Waals surface area contributed by atoms with Gasteiger partial charge in [-0.05, 0) is 44.0 Å². The lowest BCUT2D eigenvalue weighted by Gasteiger charge is -2.33. The summed E-state index contributed by atoms with van der Waals surface area (Å²) in [6.07, 6.45) is -4.58. The van der Waals surface area contributed by atoms with E-state index in [-0.39, 0.29) is 88.8 Å². The van der Waals surface area contributed by atoms with Crippen LogP contribution >= 0.6 is 11.3 Å². The van der Waals surface area contributed by atoms with Crippen molar-refractivity contribution in [3.05, 3.63) is 41.0 Å². The van der Waals surface area contributed by atoms with Gasteiger partial charge in [-0.25, -0.2) is 13.2 Å². The van der Waals surface area contributed by atoms with E-state index < -0.39 is 46.2 Å². The van der Waals surface area contributed by atoms with Crippen molar-refractivity contribution in [2.24, 2.45) is 0 Å². The number of fused-ring (bicyclic) bond motifs is 3. The zero-order valence-corrected chi connectivity index (χ0v) is 25.4. The van der Waals surface area contributed by atoms with Crippen molar-refractivity contribution in [2.45, 2.75) is 50.2 Å². The highest BCUT2D eigenvalue weighted by atomic mass is 32.1. The van der Waals surface area contributed by atoms with Gasteiger partial charge >= 0.3 is 12.2 Å². The van der Waals surface area contributed by atoms with Gasteiger partial charge in [0.2, 0.25) is 0 Å². The van der Waals surface area contributed by atoms with Crippen LogP contribution in [-0.2, 0) is 10.9 Å². The molecule has 46 heavy (non-hydrogen) atoms. The van der Waals surface area contributed by atoms with Crippen LogP contribution in [0.3, 0.4) is 0 Å². The largest absolute Gasteiger partial charge is 0.461 e. The van der Waals surface area contributed by atoms with Crippen LogP contribution in [0.15, 0.2) is 18.2 Å². The van der Waals surface area contributed by atoms with Crippen molar-refractivity contribution in [2.75, 3.05) is 50.0 Å². The fourth-order valence-electron chi connectivity index (χ4n) is 7.15. The molecular weight excluding hydrogens is 634 g/mol. The van der Waals surface area contributed by atoms with Crippen LogP contribution in [0.25, 0.3) is 32.1 Å². The minimum Gasteiger partial charge on any atom is -0.461 e. The van der Waals surface area contributed by atoms with Gasteiger partial charge in [-0.2, -0.15) is 28.4 Å². The summed E-state index contributed by atoms with van der Waals surface area (Å²) in [5, 5.41) is 9.23. The van der Waals surface area contributed by atoms with Crippen molar-refractivity contribution in [3.8, 4) is 23.2 Å². The van der Waals surface area contributed by atoms with Crippen molar-refractivity contribution in [1.29, 1.82) is 5.26 Å². The molecule has 0 unspecified atom stereocenters. The first kappa shape index (κ1) is 30.8. The molecule has 0 bridgehead atoms. The lowest BCUT2D eigenvalue weighted by atomic mass is 9.92. The Hall–Kier alpha value is -3.87. The summed E-state index contributed by atoms with van der Waals surface area (Å²) in [5.74, 6) is -2.12. The Morgan fingerprint density at radius 3 is 2.76 bits per heavy atom. The molecule has 5 heterocycles. The number of halogens is 6. The van der Waals surface area contributed by atoms with E-state index in [0.717, 1.165) is 24.6 Å². The van der Waals surface area contributed by atoms with Gasteiger partial charge in [0.15, 0.2) is 5.82 Å². The maximum absolute atomic E-state index is 16.9. The summed E-state index contributed by atoms with van der Waals surface area (Å²) in [4.78, 5) is 12.5. The van der Waals surface area contributed by atoms with Crippen LogP contribution < -0.4 is 15.4 Å². The highest BCUT2D eigenvalue weighted by Gasteiger charge is 2.49. The number of anilines is 2. The van der Waals surface area contributed by atoms with Crippen LogP contribution in [0, 0.1) is 23.0 Å². The molecule has 4 aromatic rings. The number of ether oxygens (including phenoxy) is 2. The minimum absolute atomic E-state index is 0.0191. The number of alkyl halides is 4. The van der Waals surface area contributed by atoms with E-state index in [1.165, 1.54) is 0 Å². The fourth-order valence-corrected chi connectivity index (χ4v) is 8.10. The fraction of sp³-hybridized carbons (Fsp3) is 0.452. The zero-order valence-electron chi connectivity index (χ0n) is 24.6. The standard InChI is InChI=1S/C31H28F6N6O2S/c1-15-12-42(7-8-44-15)28-18-9-20(31(35,36)37)23(17-3-4-21(33)26-22(17)19(11-38)27(39)46-26)24(34)25(18)40-29(41-28)45-14-30-5-2-6-43(30)13-16(32)10-30/h3-4,9,15-16H,2,5-8,10,12-14,39H2,1H3/t15-,16+,30-/m0/s1. The topological polar surface area (TPSA) is 101 Å². The van der Waals surface area contributed by atoms with Crippen molar-refractivity contribution in [3.63, 3.8) is 0 Å². The molecular formula is C31H28F6N6O2S. The number of morpholine rings is 1. The Bertz CT molecular complexity index is 1910. The molecule has 0 spiro atoms. The second kappa shape index (κ2) is 11.1. The number of nitrogens with zero attached hydrogens (tertiary/aromatic N) is 5. The van der Waals surface area contributed by atoms with E-state index in [9.17, 15) is 27.2 Å². The van der Waals surface area contributed by atoms with Gasteiger partial charge in [0.05, 0.1) is 34.1 Å². The van der Waals surface area contributed by atoms with Crippen LogP contribution in [0.1, 0.15) is 37.3 Å². The van der Waals surface area contributed by atoms with Gasteiger partial charge in [0, 0.05) is 42.4 Å². The third kappa shape index (κ3) is 4.98. The Labute approximate surface area is 263 Å². The van der Waals surface area contributed by atoms with Crippen molar-refractivity contribution < 1.29 is 35.8 Å². The predicted octanol–water partition coefficient (Wildman–Crippen LogP) is 6.44. The molecule has 3 fully saturated rings. The third-order valence-electron chi connectivity index (χ3n) is 9.17. The number of nitrogen functional groups attached to an aromatic ring is 1. The van der Waals surface area contributed by atoms with E-state index in [4.69, 9.17) is 15.2 Å². The summed E-state index contributed by atoms with van der Waals surface area (Å²) < 4.78 is 102. The number of hydrogen-bond acceptors (Lipinski definition) is 9. The molecule has 3 aliphatic heterocycles. The van der Waals surface area contributed by atoms with E-state index in [1.807, 2.05) is 11.0 Å². The summed E-state index contributed by atoms with van der Waals surface area (Å²) >= 11 is 0.693. The molecule has 2 N–H and O–H groups in total. The van der Waals surface area contributed by atoms with Gasteiger partial charge < -0.3 is 20.1 Å². The Morgan fingerprint density at radius 2 is 2.02 bits per heavy atom. The number of thiophene rings is 1. The average Bonchev–Trinajstić information content (AvgIpc) is 3.65. The molecule has 3 saturated heterocycles. The molecule has 15 heteroatoms. The summed E-state index contributed by atoms with van der Waals surface area (Å²) in [6, 6.07) is 4.26. The van der Waals surface area contributed by atoms with Gasteiger partial charge in [-0.15, -0.1) is 11.3 Å². The highest BCUT2D eigenvalue weighted by molar-refractivity contribution is 7.23. The second-order valence-corrected chi connectivity index (χ2v) is 13.1. The van der Waals surface area contributed by atoms with E-state index in [0.29, 0.717) is 24.3 Å². The first-order chi connectivity index (χ1) is 21.9. The quantitative estimate of drug-likeness (QED) is 0.244. The van der Waals surface area contributed by atoms with Gasteiger partial charge in [-0.3, -0.25) is 4.90 Å². The summed E-state index contributed by atoms with van der Waals surface area (Å²) in [6.45, 7) is 3.59. The number of rotatable bonds is 5. The van der Waals surface area contributed by atoms with Crippen molar-refractivity contribution >= 4 is 43.1 Å². The monoisotopic (exact) mass is 662 g/mol. The molecule has 0 amide bonds. The average molecular weight is 663 g/mol. The number of aromatic nitrogens is 2. The Morgan fingerprint density at radius 1 is 1.22 bits per heavy atom. The maximum Gasteiger partial charge on any atom is 0.417 e. The van der Waals surface area contributed by atoms with Crippen LogP contribution in [0.4, 0.5) is 37.2 Å². The first-order valence-electron chi connectivity index (χ1n) is 14.8. The molecule has 2 aromatic heterocycles. The van der Waals surface area contributed by atoms with Gasteiger partial charge in [0.1, 0.15) is 41.0 Å². The molecule has 3 aliphatic rings. The zero-order chi connectivity index (χ0) is 32.5. The highest BCUT2D eigenvalue weighted by Crippen LogP contribution is 2.48. The summed E-state index contributed by atoms with van der Waals surface area (Å²) in [7, 11) is 0. The van der Waals surface area contributed by atoms with Crippen LogP contribution in [-0.4, -0.2) is 72.1 Å². The lowest BCUT2D eigenvalue weighted by molar-refractivity contribution is -0.137. The van der Waals surface area contributed by atoms with E-state index >= 15 is 4.39 Å². The molecule has 0 aliphatic carbocycles. The molecule has 3 atom stereocenters. The molecule has 8 nitrogen and oxygen atoms in total. The second-order valence-electron chi connectivity index (χ2n) is 12.1. The Kier molecular flexibility index (Phi) is 7.45. The molecule has 0 radical (unpaired) electrons. The lowest BCUT2D eigenvalue weighted by Crippen LogP contribution is -2.44. The molecule has 242 valence electrons. The summed E-state index contributed by atoms with van der Waals surface area (Å²) in [5.41, 5.74) is 2.05. The third-order valence-corrected chi connectivity index (χ3v) is 10.2. The van der Waals surface area contributed by atoms with Crippen molar-refractivity contribution in [1.82, 2.24) is 14.9 Å². The minimum atomic E-state index is -5.07. The smallest absolute Gasteiger partial charge is 0.417 e. The number of benzene rings is 2. The first-order valence-corrected chi connectivity index (χ1v) is 15.6. The maximum atomic E-state index is 16.9. The number of hydrogen-bond donors (Lipinski definition) is 1. The molecule has 0 saturated carbocycles. The predicted molar refractivity (Wildman–Crippen MR) is 161 cm³/mol. The molecule has 7 rings (SSSR count). The van der Waals surface area contributed by atoms with Gasteiger partial charge in [-0.1, -0.05) is 6.07 Å². The Balaban J connectivity index is 1.46. The SMILES string of the molecule is C[C@H]1CN(c2nc(OC[C@@]34CCCN3C[C@H](F)C4)nc3c(F)c(-c4ccc(F)c5sc(N)c(C#N)c45)c(C(F)(F)F)cc23)CCO1. The van der Waals surface area contributed by atoms with Crippen LogP contribution in [0.5, 0.6) is 6.01 Å². The number of nitrogens with two attached hydrogens (primary N) is 1. The normalized spacial score (nSPS) is 23.7.